The quantitative estimate of drug-likeness (QED) is 0.491. The number of benzene rings is 1. The third-order valence-corrected chi connectivity index (χ3v) is 3.24. The minimum atomic E-state index is -4.68. The Labute approximate surface area is 129 Å². The van der Waals surface area contributed by atoms with Crippen molar-refractivity contribution in [2.24, 2.45) is 0 Å². The number of carbonyl (C=O) groups is 2. The Bertz CT molecular complexity index is 667. The first-order valence-corrected chi connectivity index (χ1v) is 6.46. The van der Waals surface area contributed by atoms with Crippen molar-refractivity contribution in [2.75, 3.05) is 7.05 Å². The lowest BCUT2D eigenvalue weighted by Crippen LogP contribution is -2.80. The fourth-order valence-corrected chi connectivity index (χ4v) is 2.00. The van der Waals surface area contributed by atoms with Crippen LogP contribution in [-0.2, 0) is 4.79 Å². The van der Waals surface area contributed by atoms with Gasteiger partial charge < -0.3 is 5.32 Å². The Balaban J connectivity index is 3.24. The maximum absolute atomic E-state index is 12.6. The summed E-state index contributed by atoms with van der Waals surface area (Å²) in [6.07, 6.45) is -3.83. The average Bonchev–Trinajstić information content (AvgIpc) is 2.42. The van der Waals surface area contributed by atoms with Gasteiger partial charge >= 0.3 is 6.18 Å². The summed E-state index contributed by atoms with van der Waals surface area (Å²) in [6.45, 7) is 1.61. The molecule has 22 heavy (non-hydrogen) atoms. The minimum absolute atomic E-state index is 0.0175. The lowest BCUT2D eigenvalue weighted by molar-refractivity contribution is -0.597. The van der Waals surface area contributed by atoms with Gasteiger partial charge in [-0.1, -0.05) is 11.6 Å². The average molecular weight is 334 g/mol. The molecule has 4 nitrogen and oxygen atoms in total. The van der Waals surface area contributed by atoms with Gasteiger partial charge in [0.25, 0.3) is 0 Å². The number of rotatable bonds is 5. The summed E-state index contributed by atoms with van der Waals surface area (Å²) in [6, 6.07) is 2.59. The first-order valence-electron chi connectivity index (χ1n) is 6.08. The van der Waals surface area contributed by atoms with Gasteiger partial charge in [0.05, 0.1) is 18.1 Å². The zero-order valence-electron chi connectivity index (χ0n) is 11.7. The number of aldehydes is 1. The number of nitrogens with two attached hydrogens (primary N) is 1. The minimum Gasteiger partial charge on any atom is -0.312 e. The van der Waals surface area contributed by atoms with Crippen LogP contribution in [0.4, 0.5) is 13.2 Å². The van der Waals surface area contributed by atoms with E-state index in [4.69, 9.17) is 17.0 Å². The monoisotopic (exact) mass is 333 g/mol. The number of carbonyl (C=O) groups excluding carboxylic acids is 2. The third-order valence-electron chi connectivity index (χ3n) is 2.92. The zero-order chi connectivity index (χ0) is 17.1. The summed E-state index contributed by atoms with van der Waals surface area (Å²) in [5.41, 5.74) is -1.21. The van der Waals surface area contributed by atoms with Gasteiger partial charge in [-0.25, -0.2) is 0 Å². The van der Waals surface area contributed by atoms with Crippen molar-refractivity contribution in [1.29, 1.82) is 5.41 Å². The molecule has 0 unspecified atom stereocenters. The van der Waals surface area contributed by atoms with E-state index in [1.807, 2.05) is 0 Å². The van der Waals surface area contributed by atoms with Crippen molar-refractivity contribution in [3.05, 3.63) is 45.6 Å². The Morgan fingerprint density at radius 3 is 2.41 bits per heavy atom. The van der Waals surface area contributed by atoms with Crippen molar-refractivity contribution in [2.45, 2.75) is 13.1 Å². The molecular weight excluding hydrogens is 321 g/mol. The Morgan fingerprint density at radius 1 is 1.36 bits per heavy atom. The van der Waals surface area contributed by atoms with E-state index in [1.165, 1.54) is 12.1 Å². The number of hydrogen-bond acceptors (Lipinski definition) is 3. The Kier molecular flexibility index (Phi) is 5.62. The number of hydrogen-bond donors (Lipinski definition) is 2. The van der Waals surface area contributed by atoms with Crippen LogP contribution >= 0.6 is 11.6 Å². The largest absolute Gasteiger partial charge is 0.466 e. The molecule has 0 saturated carbocycles. The number of aryl methyl sites for hydroxylation is 1. The van der Waals surface area contributed by atoms with Crippen LogP contribution in [0.2, 0.25) is 5.02 Å². The molecular formula is C14H13ClF3N2O2+. The SMILES string of the molecule is C[NH2+]/C(=C\C(=O)C(=N)c1cc(C=O)c(C)cc1Cl)C(F)(F)F. The first-order chi connectivity index (χ1) is 10.1. The number of nitrogens with one attached hydrogen (secondary N) is 1. The van der Waals surface area contributed by atoms with Gasteiger partial charge in [-0.15, -0.1) is 0 Å². The van der Waals surface area contributed by atoms with Crippen LogP contribution in [0.1, 0.15) is 21.5 Å². The molecule has 1 aromatic carbocycles. The third kappa shape index (κ3) is 4.02. The van der Waals surface area contributed by atoms with Crippen LogP contribution < -0.4 is 5.32 Å². The lowest BCUT2D eigenvalue weighted by Gasteiger charge is -2.09. The lowest BCUT2D eigenvalue weighted by atomic mass is 10.00. The normalized spacial score (nSPS) is 12.2. The van der Waals surface area contributed by atoms with Crippen molar-refractivity contribution in [1.82, 2.24) is 0 Å². The van der Waals surface area contributed by atoms with E-state index in [9.17, 15) is 22.8 Å². The van der Waals surface area contributed by atoms with Gasteiger partial charge in [0, 0.05) is 11.1 Å². The van der Waals surface area contributed by atoms with E-state index in [2.05, 4.69) is 0 Å². The molecule has 0 aliphatic carbocycles. The Morgan fingerprint density at radius 2 is 1.95 bits per heavy atom. The molecule has 0 bridgehead atoms. The molecule has 1 rings (SSSR count). The second-order valence-electron chi connectivity index (χ2n) is 4.43. The molecule has 0 heterocycles. The van der Waals surface area contributed by atoms with E-state index >= 15 is 0 Å². The fourth-order valence-electron chi connectivity index (χ4n) is 1.68. The second-order valence-corrected chi connectivity index (χ2v) is 4.84. The van der Waals surface area contributed by atoms with Crippen molar-refractivity contribution in [3.63, 3.8) is 0 Å². The predicted octanol–water partition coefficient (Wildman–Crippen LogP) is 2.04. The van der Waals surface area contributed by atoms with E-state index in [-0.39, 0.29) is 16.1 Å². The highest BCUT2D eigenvalue weighted by molar-refractivity contribution is 6.51. The topological polar surface area (TPSA) is 74.6 Å². The van der Waals surface area contributed by atoms with Gasteiger partial charge in [-0.3, -0.25) is 15.0 Å². The summed E-state index contributed by atoms with van der Waals surface area (Å²) in [7, 11) is 1.14. The molecule has 3 N–H and O–H groups in total. The van der Waals surface area contributed by atoms with E-state index in [0.717, 1.165) is 12.4 Å². The molecule has 0 radical (unpaired) electrons. The summed E-state index contributed by atoms with van der Waals surface area (Å²) in [4.78, 5) is 22.7. The number of ketones is 1. The molecule has 1 aromatic rings. The van der Waals surface area contributed by atoms with Gasteiger partial charge in [0.2, 0.25) is 11.5 Å². The van der Waals surface area contributed by atoms with Gasteiger partial charge in [-0.05, 0) is 24.6 Å². The van der Waals surface area contributed by atoms with Gasteiger partial charge in [-0.2, -0.15) is 13.2 Å². The van der Waals surface area contributed by atoms with Crippen molar-refractivity contribution < 1.29 is 28.1 Å². The molecule has 0 fully saturated rings. The first kappa shape index (κ1) is 18.1. The summed E-state index contributed by atoms with van der Waals surface area (Å²) in [5, 5.41) is 8.47. The molecule has 0 amide bonds. The molecule has 118 valence electrons. The van der Waals surface area contributed by atoms with E-state index < -0.39 is 23.4 Å². The van der Waals surface area contributed by atoms with Crippen LogP contribution in [0, 0.1) is 12.3 Å². The van der Waals surface area contributed by atoms with Crippen LogP contribution in [0.5, 0.6) is 0 Å². The number of halogens is 4. The molecule has 0 aliphatic heterocycles. The smallest absolute Gasteiger partial charge is 0.312 e. The zero-order valence-corrected chi connectivity index (χ0v) is 12.5. The highest BCUT2D eigenvalue weighted by atomic mass is 35.5. The van der Waals surface area contributed by atoms with E-state index in [1.54, 1.807) is 6.92 Å². The molecule has 0 spiro atoms. The van der Waals surface area contributed by atoms with Crippen LogP contribution in [-0.4, -0.2) is 31.0 Å². The van der Waals surface area contributed by atoms with Crippen LogP contribution in [0.3, 0.4) is 0 Å². The number of quaternary nitrogens is 1. The second kappa shape index (κ2) is 6.85. The summed E-state index contributed by atoms with van der Waals surface area (Å²) < 4.78 is 37.8. The predicted molar refractivity (Wildman–Crippen MR) is 75.4 cm³/mol. The molecule has 8 heteroatoms. The molecule has 0 atom stereocenters. The maximum atomic E-state index is 12.6. The highest BCUT2D eigenvalue weighted by Gasteiger charge is 2.38. The summed E-state index contributed by atoms with van der Waals surface area (Å²) >= 11 is 5.90. The highest BCUT2D eigenvalue weighted by Crippen LogP contribution is 2.23. The standard InChI is InChI=1S/C14H12ClF3N2O2/c1-7-3-10(15)9(4-8(7)6-21)13(19)11(22)5-12(20-2)14(16,17)18/h3-6,19-20H,1-2H3/p+1/b12-5-,19-13?. The number of allylic oxidation sites excluding steroid dienone is 2. The van der Waals surface area contributed by atoms with Gasteiger partial charge in [0.1, 0.15) is 12.0 Å². The number of alkyl halides is 3. The van der Waals surface area contributed by atoms with Crippen molar-refractivity contribution >= 4 is 29.4 Å². The summed E-state index contributed by atoms with van der Waals surface area (Å²) in [5.74, 6) is -1.15. The van der Waals surface area contributed by atoms with Crippen molar-refractivity contribution in [3.8, 4) is 0 Å². The maximum Gasteiger partial charge on any atom is 0.466 e. The van der Waals surface area contributed by atoms with Crippen LogP contribution in [0.25, 0.3) is 0 Å². The molecule has 0 saturated heterocycles. The molecule has 0 aliphatic rings. The Hall–Kier alpha value is -1.99. The molecule has 0 aromatic heterocycles. The fraction of sp³-hybridized carbons (Fsp3) is 0.214. The van der Waals surface area contributed by atoms with Gasteiger partial charge in [0.15, 0.2) is 0 Å². The van der Waals surface area contributed by atoms with Crippen LogP contribution in [0.15, 0.2) is 23.9 Å². The van der Waals surface area contributed by atoms with E-state index in [0.29, 0.717) is 17.9 Å².